The van der Waals surface area contributed by atoms with Gasteiger partial charge in [0, 0.05) is 6.42 Å². The highest BCUT2D eigenvalue weighted by Crippen LogP contribution is 2.25. The van der Waals surface area contributed by atoms with Crippen LogP contribution < -0.4 is 0 Å². The molecule has 0 aromatic heterocycles. The molecular formula is C27H33ClO4. The van der Waals surface area contributed by atoms with Crippen LogP contribution in [0, 0.1) is 0 Å². The molecule has 1 unspecified atom stereocenters. The summed E-state index contributed by atoms with van der Waals surface area (Å²) in [5, 5.41) is -0.0278. The second kappa shape index (κ2) is 15.3. The summed E-state index contributed by atoms with van der Waals surface area (Å²) in [6, 6.07) is 17.5. The minimum absolute atomic E-state index is 0.0278. The monoisotopic (exact) mass is 456 g/mol. The first-order chi connectivity index (χ1) is 15.6. The van der Waals surface area contributed by atoms with Gasteiger partial charge in [0.1, 0.15) is 0 Å². The summed E-state index contributed by atoms with van der Waals surface area (Å²) in [7, 11) is 0. The third-order valence-electron chi connectivity index (χ3n) is 5.11. The molecule has 0 heterocycles. The van der Waals surface area contributed by atoms with Crippen LogP contribution in [0.25, 0.3) is 0 Å². The molecule has 0 bridgehead atoms. The molecule has 0 N–H and O–H groups in total. The highest BCUT2D eigenvalue weighted by Gasteiger charge is 2.10. The van der Waals surface area contributed by atoms with Gasteiger partial charge < -0.3 is 9.47 Å². The molecular weight excluding hydrogens is 424 g/mol. The van der Waals surface area contributed by atoms with Crippen LogP contribution in [0.5, 0.6) is 0 Å². The number of hydrogen-bond donors (Lipinski definition) is 0. The Balaban J connectivity index is 1.58. The Morgan fingerprint density at radius 1 is 0.906 bits per heavy atom. The van der Waals surface area contributed by atoms with Gasteiger partial charge >= 0.3 is 11.9 Å². The first-order valence-corrected chi connectivity index (χ1v) is 11.8. The minimum atomic E-state index is -0.322. The molecule has 0 aliphatic rings. The van der Waals surface area contributed by atoms with Gasteiger partial charge in [-0.3, -0.25) is 4.79 Å². The van der Waals surface area contributed by atoms with Gasteiger partial charge in [-0.1, -0.05) is 48.5 Å². The summed E-state index contributed by atoms with van der Waals surface area (Å²) >= 11 is 6.48. The van der Waals surface area contributed by atoms with Gasteiger partial charge in [-0.25, -0.2) is 4.79 Å². The number of allylic oxidation sites excluding steroid dienone is 1. The molecule has 0 fully saturated rings. The van der Waals surface area contributed by atoms with E-state index in [1.54, 1.807) is 12.1 Å². The standard InChI is InChI=1S/C27H33ClO4/c1-2-3-9-20-31-26(29)13-8-5-10-21-32-27(30)24-17-14-22(15-18-24)16-19-25(28)23-11-6-4-7-12-23/h2,4,6-7,11-12,14-15,17-18,25H,1,3,5,8-10,13,16,19-21H2. The molecule has 0 saturated heterocycles. The summed E-state index contributed by atoms with van der Waals surface area (Å²) in [6.45, 7) is 4.43. The molecule has 2 aromatic rings. The van der Waals surface area contributed by atoms with E-state index in [1.165, 1.54) is 0 Å². The van der Waals surface area contributed by atoms with Crippen molar-refractivity contribution in [3.63, 3.8) is 0 Å². The molecule has 0 radical (unpaired) electrons. The molecule has 2 rings (SSSR count). The molecule has 0 saturated carbocycles. The highest BCUT2D eigenvalue weighted by atomic mass is 35.5. The topological polar surface area (TPSA) is 52.6 Å². The van der Waals surface area contributed by atoms with E-state index in [2.05, 4.69) is 6.58 Å². The van der Waals surface area contributed by atoms with E-state index in [0.29, 0.717) is 25.2 Å². The predicted molar refractivity (Wildman–Crippen MR) is 129 cm³/mol. The Hall–Kier alpha value is -2.59. The second-order valence-electron chi connectivity index (χ2n) is 7.71. The Morgan fingerprint density at radius 3 is 2.34 bits per heavy atom. The number of benzene rings is 2. The zero-order chi connectivity index (χ0) is 23.0. The van der Waals surface area contributed by atoms with Crippen LogP contribution in [0.3, 0.4) is 0 Å². The number of carbonyl (C=O) groups is 2. The zero-order valence-electron chi connectivity index (χ0n) is 18.6. The van der Waals surface area contributed by atoms with Crippen molar-refractivity contribution in [1.29, 1.82) is 0 Å². The van der Waals surface area contributed by atoms with Gasteiger partial charge in [0.2, 0.25) is 0 Å². The van der Waals surface area contributed by atoms with Gasteiger partial charge in [0.25, 0.3) is 0 Å². The van der Waals surface area contributed by atoms with E-state index in [9.17, 15) is 9.59 Å². The van der Waals surface area contributed by atoms with E-state index in [0.717, 1.165) is 56.1 Å². The summed E-state index contributed by atoms with van der Waals surface area (Å²) < 4.78 is 10.5. The lowest BCUT2D eigenvalue weighted by Gasteiger charge is -2.10. The predicted octanol–water partition coefficient (Wildman–Crippen LogP) is 6.83. The van der Waals surface area contributed by atoms with Gasteiger partial charge in [0.05, 0.1) is 24.2 Å². The first-order valence-electron chi connectivity index (χ1n) is 11.3. The third-order valence-corrected chi connectivity index (χ3v) is 5.58. The Labute approximate surface area is 196 Å². The van der Waals surface area contributed by atoms with Crippen molar-refractivity contribution in [3.05, 3.63) is 83.9 Å². The maximum absolute atomic E-state index is 12.2. The number of aryl methyl sites for hydroxylation is 1. The molecule has 0 amide bonds. The lowest BCUT2D eigenvalue weighted by atomic mass is 10.0. The number of ether oxygens (including phenoxy) is 2. The van der Waals surface area contributed by atoms with Gasteiger partial charge in [-0.2, -0.15) is 0 Å². The minimum Gasteiger partial charge on any atom is -0.466 e. The van der Waals surface area contributed by atoms with Gasteiger partial charge in [-0.05, 0) is 68.2 Å². The smallest absolute Gasteiger partial charge is 0.338 e. The molecule has 0 aliphatic heterocycles. The molecule has 32 heavy (non-hydrogen) atoms. The fraction of sp³-hybridized carbons (Fsp3) is 0.407. The summed E-state index contributed by atoms with van der Waals surface area (Å²) in [5.74, 6) is -0.493. The number of unbranched alkanes of at least 4 members (excludes halogenated alkanes) is 3. The van der Waals surface area contributed by atoms with E-state index >= 15 is 0 Å². The van der Waals surface area contributed by atoms with Crippen LogP contribution >= 0.6 is 11.6 Å². The number of halogens is 1. The average molecular weight is 457 g/mol. The lowest BCUT2D eigenvalue weighted by molar-refractivity contribution is -0.143. The fourth-order valence-corrected chi connectivity index (χ4v) is 3.47. The van der Waals surface area contributed by atoms with Crippen LogP contribution in [0.15, 0.2) is 67.3 Å². The Morgan fingerprint density at radius 2 is 1.62 bits per heavy atom. The third kappa shape index (κ3) is 10.1. The number of hydrogen-bond acceptors (Lipinski definition) is 4. The average Bonchev–Trinajstić information content (AvgIpc) is 2.83. The van der Waals surface area contributed by atoms with Crippen molar-refractivity contribution in [2.24, 2.45) is 0 Å². The molecule has 172 valence electrons. The van der Waals surface area contributed by atoms with E-state index in [-0.39, 0.29) is 17.3 Å². The van der Waals surface area contributed by atoms with Crippen LogP contribution in [0.4, 0.5) is 0 Å². The highest BCUT2D eigenvalue weighted by molar-refractivity contribution is 6.20. The number of alkyl halides is 1. The fourth-order valence-electron chi connectivity index (χ4n) is 3.21. The number of esters is 2. The van der Waals surface area contributed by atoms with E-state index in [1.807, 2.05) is 48.5 Å². The lowest BCUT2D eigenvalue weighted by Crippen LogP contribution is -2.07. The Bertz CT molecular complexity index is 817. The van der Waals surface area contributed by atoms with Gasteiger partial charge in [0.15, 0.2) is 0 Å². The van der Waals surface area contributed by atoms with Crippen molar-refractivity contribution in [3.8, 4) is 0 Å². The quantitative estimate of drug-likeness (QED) is 0.127. The second-order valence-corrected chi connectivity index (χ2v) is 8.24. The van der Waals surface area contributed by atoms with Gasteiger partial charge in [-0.15, -0.1) is 18.2 Å². The van der Waals surface area contributed by atoms with Crippen molar-refractivity contribution in [1.82, 2.24) is 0 Å². The van der Waals surface area contributed by atoms with Crippen LogP contribution in [0.2, 0.25) is 0 Å². The maximum Gasteiger partial charge on any atom is 0.338 e. The summed E-state index contributed by atoms with van der Waals surface area (Å²) in [5.41, 5.74) is 2.80. The van der Waals surface area contributed by atoms with Crippen LogP contribution in [-0.4, -0.2) is 25.2 Å². The first kappa shape index (κ1) is 25.7. The molecule has 0 aliphatic carbocycles. The summed E-state index contributed by atoms with van der Waals surface area (Å²) in [4.78, 5) is 23.8. The maximum atomic E-state index is 12.2. The van der Waals surface area contributed by atoms with Crippen molar-refractivity contribution >= 4 is 23.5 Å². The Kier molecular flexibility index (Phi) is 12.2. The van der Waals surface area contributed by atoms with Crippen molar-refractivity contribution in [2.75, 3.05) is 13.2 Å². The van der Waals surface area contributed by atoms with E-state index in [4.69, 9.17) is 21.1 Å². The molecule has 0 spiro atoms. The van der Waals surface area contributed by atoms with E-state index < -0.39 is 0 Å². The number of carbonyl (C=O) groups excluding carboxylic acids is 2. The normalized spacial score (nSPS) is 11.5. The molecule has 2 aromatic carbocycles. The van der Waals surface area contributed by atoms with Crippen molar-refractivity contribution in [2.45, 2.75) is 56.7 Å². The molecule has 4 nitrogen and oxygen atoms in total. The largest absolute Gasteiger partial charge is 0.466 e. The number of rotatable bonds is 15. The summed E-state index contributed by atoms with van der Waals surface area (Å²) in [6.07, 6.45) is 7.82. The zero-order valence-corrected chi connectivity index (χ0v) is 19.4. The van der Waals surface area contributed by atoms with Crippen molar-refractivity contribution < 1.29 is 19.1 Å². The molecule has 5 heteroatoms. The SMILES string of the molecule is C=CCCCOC(=O)CCCCCOC(=O)c1ccc(CCC(Cl)c2ccccc2)cc1. The molecule has 1 atom stereocenters. The van der Waals surface area contributed by atoms with Crippen LogP contribution in [0.1, 0.15) is 71.8 Å². The van der Waals surface area contributed by atoms with Crippen LogP contribution in [-0.2, 0) is 20.7 Å².